The van der Waals surface area contributed by atoms with Crippen molar-refractivity contribution >= 4 is 0 Å². The van der Waals surface area contributed by atoms with Gasteiger partial charge in [-0.3, -0.25) is 0 Å². The molecule has 4 nitrogen and oxygen atoms in total. The molecule has 4 heteroatoms. The molecule has 3 rings (SSSR count). The monoisotopic (exact) mass is 285 g/mol. The number of nitrogens with two attached hydrogens (primary N) is 1. The largest absolute Gasteiger partial charge is 0.497 e. The van der Waals surface area contributed by atoms with E-state index in [0.29, 0.717) is 17.9 Å². The van der Waals surface area contributed by atoms with Gasteiger partial charge in [-0.25, -0.2) is 0 Å². The van der Waals surface area contributed by atoms with Gasteiger partial charge in [0.25, 0.3) is 0 Å². The van der Waals surface area contributed by atoms with Gasteiger partial charge in [-0.05, 0) is 28.8 Å². The predicted octanol–water partition coefficient (Wildman–Crippen LogP) is 2.34. The predicted molar refractivity (Wildman–Crippen MR) is 80.5 cm³/mol. The Kier molecular flexibility index (Phi) is 3.35. The van der Waals surface area contributed by atoms with Crippen molar-refractivity contribution in [2.75, 3.05) is 14.2 Å². The summed E-state index contributed by atoms with van der Waals surface area (Å²) >= 11 is 0. The highest BCUT2D eigenvalue weighted by molar-refractivity contribution is 5.51. The van der Waals surface area contributed by atoms with Crippen LogP contribution in [-0.2, 0) is 5.60 Å². The highest BCUT2D eigenvalue weighted by Crippen LogP contribution is 2.47. The third-order valence-corrected chi connectivity index (χ3v) is 4.15. The molecule has 0 spiro atoms. The summed E-state index contributed by atoms with van der Waals surface area (Å²) in [7, 11) is 3.19. The van der Waals surface area contributed by atoms with Gasteiger partial charge in [0.2, 0.25) is 0 Å². The van der Waals surface area contributed by atoms with Crippen LogP contribution in [0.15, 0.2) is 42.5 Å². The SMILES string of the molecule is COc1cc(OC)cc(C2(O)CC(N)c3ccccc32)c1. The van der Waals surface area contributed by atoms with Crippen LogP contribution in [0.1, 0.15) is 29.2 Å². The maximum atomic E-state index is 11.2. The van der Waals surface area contributed by atoms with E-state index in [1.165, 1.54) is 0 Å². The molecule has 0 saturated carbocycles. The van der Waals surface area contributed by atoms with Crippen LogP contribution in [0.2, 0.25) is 0 Å². The number of fused-ring (bicyclic) bond motifs is 1. The average molecular weight is 285 g/mol. The average Bonchev–Trinajstić information content (AvgIpc) is 2.80. The van der Waals surface area contributed by atoms with E-state index in [1.807, 2.05) is 36.4 Å². The second kappa shape index (κ2) is 5.06. The molecule has 2 atom stereocenters. The lowest BCUT2D eigenvalue weighted by atomic mass is 9.87. The minimum Gasteiger partial charge on any atom is -0.497 e. The van der Waals surface area contributed by atoms with E-state index in [-0.39, 0.29) is 6.04 Å². The van der Waals surface area contributed by atoms with Crippen molar-refractivity contribution in [3.05, 3.63) is 59.2 Å². The Morgan fingerprint density at radius 2 is 1.71 bits per heavy atom. The maximum Gasteiger partial charge on any atom is 0.122 e. The highest BCUT2D eigenvalue weighted by atomic mass is 16.5. The number of hydrogen-bond acceptors (Lipinski definition) is 4. The van der Waals surface area contributed by atoms with Gasteiger partial charge in [-0.15, -0.1) is 0 Å². The third-order valence-electron chi connectivity index (χ3n) is 4.15. The van der Waals surface area contributed by atoms with Crippen molar-refractivity contribution < 1.29 is 14.6 Å². The molecule has 2 aromatic rings. The topological polar surface area (TPSA) is 64.7 Å². The summed E-state index contributed by atoms with van der Waals surface area (Å²) in [6.07, 6.45) is 0.447. The molecular weight excluding hydrogens is 266 g/mol. The van der Waals surface area contributed by atoms with Crippen molar-refractivity contribution in [2.45, 2.75) is 18.1 Å². The number of hydrogen-bond donors (Lipinski definition) is 2. The number of benzene rings is 2. The third kappa shape index (κ3) is 2.17. The van der Waals surface area contributed by atoms with Gasteiger partial charge in [-0.2, -0.15) is 0 Å². The lowest BCUT2D eigenvalue weighted by Crippen LogP contribution is -2.25. The molecule has 1 aliphatic carbocycles. The molecule has 3 N–H and O–H groups in total. The standard InChI is InChI=1S/C17H19NO3/c1-20-12-7-11(8-13(9-12)21-2)17(19)10-16(18)14-5-3-4-6-15(14)17/h3-9,16,19H,10,18H2,1-2H3. The summed E-state index contributed by atoms with van der Waals surface area (Å²) in [6, 6.07) is 13.0. The first-order chi connectivity index (χ1) is 10.1. The molecule has 1 aliphatic rings. The fourth-order valence-corrected chi connectivity index (χ4v) is 3.05. The molecule has 2 aromatic carbocycles. The van der Waals surface area contributed by atoms with Crippen LogP contribution < -0.4 is 15.2 Å². The van der Waals surface area contributed by atoms with Crippen LogP contribution in [-0.4, -0.2) is 19.3 Å². The molecule has 0 saturated heterocycles. The second-order valence-corrected chi connectivity index (χ2v) is 5.36. The Morgan fingerprint density at radius 1 is 1.10 bits per heavy atom. The molecule has 21 heavy (non-hydrogen) atoms. The van der Waals surface area contributed by atoms with Crippen molar-refractivity contribution in [1.82, 2.24) is 0 Å². The molecule has 0 aliphatic heterocycles. The van der Waals surface area contributed by atoms with Gasteiger partial charge in [0, 0.05) is 18.5 Å². The fourth-order valence-electron chi connectivity index (χ4n) is 3.05. The number of methoxy groups -OCH3 is 2. The zero-order valence-corrected chi connectivity index (χ0v) is 12.2. The van der Waals surface area contributed by atoms with Gasteiger partial charge in [0.15, 0.2) is 0 Å². The Bertz CT molecular complexity index is 649. The molecule has 0 radical (unpaired) electrons. The van der Waals surface area contributed by atoms with Crippen molar-refractivity contribution in [3.63, 3.8) is 0 Å². The molecule has 0 bridgehead atoms. The van der Waals surface area contributed by atoms with Crippen LogP contribution in [0.25, 0.3) is 0 Å². The second-order valence-electron chi connectivity index (χ2n) is 5.36. The molecule has 0 fully saturated rings. The summed E-state index contributed by atoms with van der Waals surface area (Å²) in [4.78, 5) is 0. The molecule has 0 aromatic heterocycles. The Balaban J connectivity index is 2.16. The molecular formula is C17H19NO3. The maximum absolute atomic E-state index is 11.2. The molecule has 110 valence electrons. The summed E-state index contributed by atoms with van der Waals surface area (Å²) in [5.74, 6) is 1.30. The Labute approximate surface area is 124 Å². The Morgan fingerprint density at radius 3 is 2.33 bits per heavy atom. The van der Waals surface area contributed by atoms with E-state index in [9.17, 15) is 5.11 Å². The van der Waals surface area contributed by atoms with E-state index in [2.05, 4.69) is 0 Å². The molecule has 0 amide bonds. The normalized spacial score (nSPS) is 23.7. The summed E-state index contributed by atoms with van der Waals surface area (Å²) < 4.78 is 10.6. The van der Waals surface area contributed by atoms with Crippen molar-refractivity contribution in [1.29, 1.82) is 0 Å². The van der Waals surface area contributed by atoms with E-state index in [0.717, 1.165) is 16.7 Å². The van der Waals surface area contributed by atoms with Crippen LogP contribution in [0.3, 0.4) is 0 Å². The van der Waals surface area contributed by atoms with E-state index < -0.39 is 5.60 Å². The smallest absolute Gasteiger partial charge is 0.122 e. The Hall–Kier alpha value is -2.04. The van der Waals surface area contributed by atoms with E-state index in [1.54, 1.807) is 20.3 Å². The van der Waals surface area contributed by atoms with Crippen LogP contribution >= 0.6 is 0 Å². The number of aliphatic hydroxyl groups is 1. The zero-order chi connectivity index (χ0) is 15.0. The van der Waals surface area contributed by atoms with Crippen LogP contribution in [0, 0.1) is 0 Å². The lowest BCUT2D eigenvalue weighted by molar-refractivity contribution is 0.0771. The van der Waals surface area contributed by atoms with Gasteiger partial charge in [0.05, 0.1) is 14.2 Å². The summed E-state index contributed by atoms with van der Waals surface area (Å²) in [5, 5.41) is 11.2. The number of rotatable bonds is 3. The van der Waals surface area contributed by atoms with Crippen molar-refractivity contribution in [2.24, 2.45) is 5.73 Å². The van der Waals surface area contributed by atoms with Gasteiger partial charge < -0.3 is 20.3 Å². The highest BCUT2D eigenvalue weighted by Gasteiger charge is 2.42. The van der Waals surface area contributed by atoms with Gasteiger partial charge in [0.1, 0.15) is 17.1 Å². The summed E-state index contributed by atoms with van der Waals surface area (Å²) in [6.45, 7) is 0. The minimum atomic E-state index is -1.11. The van der Waals surface area contributed by atoms with E-state index in [4.69, 9.17) is 15.2 Å². The fraction of sp³-hybridized carbons (Fsp3) is 0.294. The van der Waals surface area contributed by atoms with E-state index >= 15 is 0 Å². The zero-order valence-electron chi connectivity index (χ0n) is 12.2. The first kappa shape index (κ1) is 13.9. The van der Waals surface area contributed by atoms with Gasteiger partial charge in [-0.1, -0.05) is 24.3 Å². The molecule has 0 heterocycles. The first-order valence-electron chi connectivity index (χ1n) is 6.89. The first-order valence-corrected chi connectivity index (χ1v) is 6.89. The van der Waals surface area contributed by atoms with Crippen LogP contribution in [0.5, 0.6) is 11.5 Å². The van der Waals surface area contributed by atoms with Crippen LogP contribution in [0.4, 0.5) is 0 Å². The summed E-state index contributed by atoms with van der Waals surface area (Å²) in [5.41, 5.74) is 7.64. The molecule has 2 unspecified atom stereocenters. The van der Waals surface area contributed by atoms with Crippen molar-refractivity contribution in [3.8, 4) is 11.5 Å². The quantitative estimate of drug-likeness (QED) is 0.908. The van der Waals surface area contributed by atoms with Gasteiger partial charge >= 0.3 is 0 Å². The lowest BCUT2D eigenvalue weighted by Gasteiger charge is -2.26. The number of ether oxygens (including phenoxy) is 2. The minimum absolute atomic E-state index is 0.177.